The summed E-state index contributed by atoms with van der Waals surface area (Å²) in [5.41, 5.74) is 2.38. The zero-order valence-electron chi connectivity index (χ0n) is 16.5. The molecule has 8 heteroatoms. The topological polar surface area (TPSA) is 71.1 Å². The van der Waals surface area contributed by atoms with Gasteiger partial charge in [0, 0.05) is 24.8 Å². The van der Waals surface area contributed by atoms with Crippen LogP contribution in [0.5, 0.6) is 5.75 Å². The Labute approximate surface area is 179 Å². The number of amides is 2. The first-order valence-electron chi connectivity index (χ1n) is 9.55. The minimum atomic E-state index is -0.513. The van der Waals surface area contributed by atoms with E-state index < -0.39 is 11.8 Å². The summed E-state index contributed by atoms with van der Waals surface area (Å²) in [4.78, 5) is 29.1. The molecule has 0 aliphatic carbocycles. The Bertz CT molecular complexity index is 1010. The van der Waals surface area contributed by atoms with Crippen molar-refractivity contribution in [2.75, 3.05) is 43.2 Å². The fourth-order valence-electron chi connectivity index (χ4n) is 3.41. The molecule has 0 radical (unpaired) electrons. The van der Waals surface area contributed by atoms with E-state index in [1.54, 1.807) is 37.5 Å². The Morgan fingerprint density at radius 2 is 1.80 bits per heavy atom. The molecule has 2 aliphatic heterocycles. The first kappa shape index (κ1) is 20.1. The predicted octanol–water partition coefficient (Wildman–Crippen LogP) is 2.36. The van der Waals surface area contributed by atoms with Crippen LogP contribution in [0.1, 0.15) is 5.56 Å². The second-order valence-electron chi connectivity index (χ2n) is 6.85. The molecule has 2 heterocycles. The number of rotatable bonds is 4. The standard InChI is InChI=1S/C22H21N3O4S/c1-28-18-4-2-3-17(14-18)25-21(27)19(20(26)23-22(25)30)13-15-5-7-16(8-6-15)24-9-11-29-12-10-24/h2-8,13-14H,9-12H2,1H3,(H,23,26,30)/b19-13+. The molecule has 0 saturated carbocycles. The summed E-state index contributed by atoms with van der Waals surface area (Å²) < 4.78 is 10.6. The van der Waals surface area contributed by atoms with Crippen LogP contribution in [0.15, 0.2) is 54.1 Å². The summed E-state index contributed by atoms with van der Waals surface area (Å²) in [6.45, 7) is 3.10. The highest BCUT2D eigenvalue weighted by Gasteiger charge is 2.34. The summed E-state index contributed by atoms with van der Waals surface area (Å²) in [5.74, 6) is -0.403. The van der Waals surface area contributed by atoms with Gasteiger partial charge in [-0.2, -0.15) is 0 Å². The normalized spacial score (nSPS) is 18.6. The van der Waals surface area contributed by atoms with Crippen LogP contribution in [-0.2, 0) is 14.3 Å². The molecule has 2 fully saturated rings. The van der Waals surface area contributed by atoms with Gasteiger partial charge in [0.15, 0.2) is 5.11 Å². The van der Waals surface area contributed by atoms with Gasteiger partial charge in [0.05, 0.1) is 26.0 Å². The molecule has 0 spiro atoms. The van der Waals surface area contributed by atoms with Crippen molar-refractivity contribution < 1.29 is 19.1 Å². The van der Waals surface area contributed by atoms with Crippen molar-refractivity contribution in [1.82, 2.24) is 5.32 Å². The average Bonchev–Trinajstić information content (AvgIpc) is 2.78. The van der Waals surface area contributed by atoms with Gasteiger partial charge in [-0.25, -0.2) is 0 Å². The van der Waals surface area contributed by atoms with Crippen LogP contribution >= 0.6 is 12.2 Å². The molecule has 0 aromatic heterocycles. The third-order valence-electron chi connectivity index (χ3n) is 4.99. The van der Waals surface area contributed by atoms with Crippen molar-refractivity contribution in [1.29, 1.82) is 0 Å². The molecule has 2 amide bonds. The van der Waals surface area contributed by atoms with Gasteiger partial charge >= 0.3 is 0 Å². The van der Waals surface area contributed by atoms with E-state index in [1.165, 1.54) is 4.90 Å². The summed E-state index contributed by atoms with van der Waals surface area (Å²) in [5, 5.41) is 2.64. The zero-order chi connectivity index (χ0) is 21.1. The summed E-state index contributed by atoms with van der Waals surface area (Å²) in [6, 6.07) is 14.7. The molecule has 7 nitrogen and oxygen atoms in total. The number of methoxy groups -OCH3 is 1. The van der Waals surface area contributed by atoms with Crippen molar-refractivity contribution in [3.05, 3.63) is 59.7 Å². The van der Waals surface area contributed by atoms with Crippen molar-refractivity contribution in [2.45, 2.75) is 0 Å². The second-order valence-corrected chi connectivity index (χ2v) is 7.24. The second kappa shape index (κ2) is 8.64. The molecule has 154 valence electrons. The first-order chi connectivity index (χ1) is 14.6. The van der Waals surface area contributed by atoms with Gasteiger partial charge in [-0.3, -0.25) is 19.8 Å². The SMILES string of the molecule is COc1cccc(N2C(=O)/C(=C/c3ccc(N4CCOCC4)cc3)C(=O)NC2=S)c1. The fraction of sp³-hybridized carbons (Fsp3) is 0.227. The number of thiocarbonyl (C=S) groups is 1. The molecule has 2 aromatic carbocycles. The molecule has 0 atom stereocenters. The molecular formula is C22H21N3O4S. The lowest BCUT2D eigenvalue weighted by Gasteiger charge is -2.29. The Morgan fingerprint density at radius 1 is 1.07 bits per heavy atom. The monoisotopic (exact) mass is 423 g/mol. The Balaban J connectivity index is 1.60. The zero-order valence-corrected chi connectivity index (χ0v) is 17.3. The van der Waals surface area contributed by atoms with E-state index >= 15 is 0 Å². The Morgan fingerprint density at radius 3 is 2.50 bits per heavy atom. The maximum Gasteiger partial charge on any atom is 0.270 e. The molecular weight excluding hydrogens is 402 g/mol. The van der Waals surface area contributed by atoms with Crippen LogP contribution < -0.4 is 19.9 Å². The van der Waals surface area contributed by atoms with Gasteiger partial charge in [-0.05, 0) is 48.1 Å². The van der Waals surface area contributed by atoms with Crippen molar-refractivity contribution in [2.24, 2.45) is 0 Å². The number of benzene rings is 2. The van der Waals surface area contributed by atoms with Crippen molar-refractivity contribution >= 4 is 46.6 Å². The maximum atomic E-state index is 13.1. The highest BCUT2D eigenvalue weighted by molar-refractivity contribution is 7.80. The average molecular weight is 423 g/mol. The molecule has 0 unspecified atom stereocenters. The largest absolute Gasteiger partial charge is 0.497 e. The van der Waals surface area contributed by atoms with Gasteiger partial charge in [0.1, 0.15) is 11.3 Å². The molecule has 0 bridgehead atoms. The summed E-state index contributed by atoms with van der Waals surface area (Å²) in [7, 11) is 1.54. The first-order valence-corrected chi connectivity index (χ1v) is 9.96. The van der Waals surface area contributed by atoms with Crippen LogP contribution in [0.2, 0.25) is 0 Å². The molecule has 1 N–H and O–H groups in total. The molecule has 2 aliphatic rings. The molecule has 30 heavy (non-hydrogen) atoms. The van der Waals surface area contributed by atoms with Gasteiger partial charge in [0.2, 0.25) is 0 Å². The van der Waals surface area contributed by atoms with Gasteiger partial charge < -0.3 is 14.4 Å². The number of hydrogen-bond donors (Lipinski definition) is 1. The quantitative estimate of drug-likeness (QED) is 0.463. The summed E-state index contributed by atoms with van der Waals surface area (Å²) in [6.07, 6.45) is 1.58. The van der Waals surface area contributed by atoms with E-state index in [0.29, 0.717) is 24.7 Å². The van der Waals surface area contributed by atoms with Crippen molar-refractivity contribution in [3.63, 3.8) is 0 Å². The highest BCUT2D eigenvalue weighted by Crippen LogP contribution is 2.26. The maximum absolute atomic E-state index is 13.1. The lowest BCUT2D eigenvalue weighted by molar-refractivity contribution is -0.122. The minimum Gasteiger partial charge on any atom is -0.497 e. The van der Waals surface area contributed by atoms with E-state index in [-0.39, 0.29) is 10.7 Å². The highest BCUT2D eigenvalue weighted by atomic mass is 32.1. The van der Waals surface area contributed by atoms with E-state index in [9.17, 15) is 9.59 Å². The van der Waals surface area contributed by atoms with Crippen LogP contribution in [-0.4, -0.2) is 50.3 Å². The minimum absolute atomic E-state index is 0.0190. The van der Waals surface area contributed by atoms with E-state index in [4.69, 9.17) is 21.7 Å². The summed E-state index contributed by atoms with van der Waals surface area (Å²) >= 11 is 5.24. The van der Waals surface area contributed by atoms with E-state index in [0.717, 1.165) is 24.3 Å². The number of carbonyl (C=O) groups is 2. The third kappa shape index (κ3) is 4.05. The number of nitrogens with one attached hydrogen (secondary N) is 1. The van der Waals surface area contributed by atoms with Crippen LogP contribution in [0, 0.1) is 0 Å². The van der Waals surface area contributed by atoms with E-state index in [2.05, 4.69) is 10.2 Å². The van der Waals surface area contributed by atoms with E-state index in [1.807, 2.05) is 24.3 Å². The third-order valence-corrected chi connectivity index (χ3v) is 5.28. The van der Waals surface area contributed by atoms with Crippen LogP contribution in [0.4, 0.5) is 11.4 Å². The number of hydrogen-bond acceptors (Lipinski definition) is 6. The fourth-order valence-corrected chi connectivity index (χ4v) is 3.69. The number of anilines is 2. The Kier molecular flexibility index (Phi) is 5.78. The lowest BCUT2D eigenvalue weighted by Crippen LogP contribution is -2.54. The predicted molar refractivity (Wildman–Crippen MR) is 119 cm³/mol. The van der Waals surface area contributed by atoms with Crippen molar-refractivity contribution in [3.8, 4) is 5.75 Å². The number of ether oxygens (including phenoxy) is 2. The lowest BCUT2D eigenvalue weighted by atomic mass is 10.1. The number of morpholine rings is 1. The van der Waals surface area contributed by atoms with Gasteiger partial charge in [-0.15, -0.1) is 0 Å². The van der Waals surface area contributed by atoms with Gasteiger partial charge in [0.25, 0.3) is 11.8 Å². The Hall–Kier alpha value is -3.23. The number of carbonyl (C=O) groups excluding carboxylic acids is 2. The number of nitrogens with zero attached hydrogens (tertiary/aromatic N) is 2. The van der Waals surface area contributed by atoms with Gasteiger partial charge in [-0.1, -0.05) is 18.2 Å². The smallest absolute Gasteiger partial charge is 0.270 e. The molecule has 2 saturated heterocycles. The molecule has 4 rings (SSSR count). The van der Waals surface area contributed by atoms with Crippen LogP contribution in [0.3, 0.4) is 0 Å². The van der Waals surface area contributed by atoms with Crippen LogP contribution in [0.25, 0.3) is 6.08 Å². The molecule has 2 aromatic rings.